The Labute approximate surface area is 158 Å². The first-order chi connectivity index (χ1) is 12.5. The Balaban J connectivity index is 2.54. The standard InChI is InChI=1S/C19H39NO6/c1-5-8-10-20(11-9-6-2)12-14(21)13-25-18-16(22)15(7-3)26-19(24-4)17(18)23/h14-19,21-23H,5-13H2,1-4H3. The third kappa shape index (κ3) is 7.38. The topological polar surface area (TPSA) is 91.6 Å². The second-order valence-electron chi connectivity index (χ2n) is 7.13. The zero-order chi connectivity index (χ0) is 19.5. The predicted molar refractivity (Wildman–Crippen MR) is 100.0 cm³/mol. The van der Waals surface area contributed by atoms with Gasteiger partial charge in [-0.05, 0) is 32.4 Å². The molecule has 1 heterocycles. The molecule has 1 rings (SSSR count). The van der Waals surface area contributed by atoms with Crippen molar-refractivity contribution in [1.29, 1.82) is 0 Å². The third-order valence-electron chi connectivity index (χ3n) is 4.88. The van der Waals surface area contributed by atoms with Gasteiger partial charge in [0.2, 0.25) is 0 Å². The molecule has 7 nitrogen and oxygen atoms in total. The van der Waals surface area contributed by atoms with Crippen molar-refractivity contribution in [3.63, 3.8) is 0 Å². The molecule has 1 aliphatic heterocycles. The van der Waals surface area contributed by atoms with E-state index in [2.05, 4.69) is 18.7 Å². The summed E-state index contributed by atoms with van der Waals surface area (Å²) in [7, 11) is 1.45. The molecule has 0 radical (unpaired) electrons. The summed E-state index contributed by atoms with van der Waals surface area (Å²) in [6.07, 6.45) is 0.153. The van der Waals surface area contributed by atoms with Crippen LogP contribution in [0.4, 0.5) is 0 Å². The van der Waals surface area contributed by atoms with Crippen LogP contribution in [0.15, 0.2) is 0 Å². The highest BCUT2D eigenvalue weighted by molar-refractivity contribution is 4.90. The minimum atomic E-state index is -1.10. The fourth-order valence-corrected chi connectivity index (χ4v) is 3.26. The van der Waals surface area contributed by atoms with Crippen LogP contribution in [0.5, 0.6) is 0 Å². The quantitative estimate of drug-likeness (QED) is 0.443. The van der Waals surface area contributed by atoms with Gasteiger partial charge >= 0.3 is 0 Å². The summed E-state index contributed by atoms with van der Waals surface area (Å²) in [5.41, 5.74) is 0. The van der Waals surface area contributed by atoms with Gasteiger partial charge in [-0.1, -0.05) is 33.6 Å². The molecular formula is C19H39NO6. The Morgan fingerprint density at radius 2 is 1.65 bits per heavy atom. The van der Waals surface area contributed by atoms with E-state index in [9.17, 15) is 15.3 Å². The fourth-order valence-electron chi connectivity index (χ4n) is 3.26. The first-order valence-electron chi connectivity index (χ1n) is 10.0. The molecule has 156 valence electrons. The SMILES string of the molecule is CCCCN(CCCC)CC(O)COC1C(O)C(CC)OC(OC)C1O. The monoisotopic (exact) mass is 377 g/mol. The van der Waals surface area contributed by atoms with Gasteiger partial charge < -0.3 is 34.4 Å². The molecule has 0 aromatic heterocycles. The van der Waals surface area contributed by atoms with Crippen LogP contribution >= 0.6 is 0 Å². The number of aliphatic hydroxyl groups excluding tert-OH is 3. The van der Waals surface area contributed by atoms with Gasteiger partial charge in [0.05, 0.1) is 18.8 Å². The van der Waals surface area contributed by atoms with Gasteiger partial charge in [0.25, 0.3) is 0 Å². The minimum absolute atomic E-state index is 0.0560. The van der Waals surface area contributed by atoms with Crippen molar-refractivity contribution in [2.24, 2.45) is 0 Å². The molecule has 7 heteroatoms. The maximum absolute atomic E-state index is 10.4. The summed E-state index contributed by atoms with van der Waals surface area (Å²) < 4.78 is 16.4. The molecule has 0 bridgehead atoms. The molecule has 0 amide bonds. The van der Waals surface area contributed by atoms with Crippen LogP contribution in [0.1, 0.15) is 52.9 Å². The zero-order valence-corrected chi connectivity index (χ0v) is 16.8. The van der Waals surface area contributed by atoms with Crippen LogP contribution in [0.2, 0.25) is 0 Å². The molecule has 1 fully saturated rings. The number of rotatable bonds is 13. The van der Waals surface area contributed by atoms with Gasteiger partial charge in [-0.2, -0.15) is 0 Å². The van der Waals surface area contributed by atoms with Gasteiger partial charge in [0, 0.05) is 13.7 Å². The summed E-state index contributed by atoms with van der Waals surface area (Å²) in [4.78, 5) is 2.25. The average Bonchev–Trinajstić information content (AvgIpc) is 2.64. The second kappa shape index (κ2) is 13.0. The van der Waals surface area contributed by atoms with E-state index >= 15 is 0 Å². The molecule has 0 spiro atoms. The Hall–Kier alpha value is -0.280. The van der Waals surface area contributed by atoms with Crippen LogP contribution in [-0.2, 0) is 14.2 Å². The van der Waals surface area contributed by atoms with Crippen LogP contribution in [0, 0.1) is 0 Å². The first kappa shape index (κ1) is 23.8. The van der Waals surface area contributed by atoms with E-state index in [1.807, 2.05) is 6.92 Å². The largest absolute Gasteiger partial charge is 0.389 e. The van der Waals surface area contributed by atoms with Crippen molar-refractivity contribution in [2.75, 3.05) is 33.4 Å². The Morgan fingerprint density at radius 1 is 1.04 bits per heavy atom. The van der Waals surface area contributed by atoms with E-state index in [1.165, 1.54) is 7.11 Å². The fraction of sp³-hybridized carbons (Fsp3) is 1.00. The van der Waals surface area contributed by atoms with Crippen molar-refractivity contribution in [3.05, 3.63) is 0 Å². The van der Waals surface area contributed by atoms with E-state index in [4.69, 9.17) is 14.2 Å². The number of aliphatic hydroxyl groups is 3. The summed E-state index contributed by atoms with van der Waals surface area (Å²) in [6, 6.07) is 0. The molecule has 0 saturated carbocycles. The average molecular weight is 378 g/mol. The normalized spacial score (nSPS) is 30.7. The van der Waals surface area contributed by atoms with Crippen molar-refractivity contribution in [2.45, 2.75) is 89.7 Å². The van der Waals surface area contributed by atoms with Gasteiger partial charge in [0.15, 0.2) is 6.29 Å². The summed E-state index contributed by atoms with van der Waals surface area (Å²) in [5.74, 6) is 0. The van der Waals surface area contributed by atoms with Crippen molar-refractivity contribution < 1.29 is 29.5 Å². The van der Waals surface area contributed by atoms with E-state index < -0.39 is 36.8 Å². The molecule has 0 aromatic carbocycles. The zero-order valence-electron chi connectivity index (χ0n) is 16.8. The minimum Gasteiger partial charge on any atom is -0.389 e. The van der Waals surface area contributed by atoms with Gasteiger partial charge in [-0.25, -0.2) is 0 Å². The highest BCUT2D eigenvalue weighted by Gasteiger charge is 2.45. The van der Waals surface area contributed by atoms with E-state index in [-0.39, 0.29) is 6.61 Å². The number of methoxy groups -OCH3 is 1. The highest BCUT2D eigenvalue weighted by atomic mass is 16.7. The first-order valence-corrected chi connectivity index (χ1v) is 10.0. The summed E-state index contributed by atoms with van der Waals surface area (Å²) in [6.45, 7) is 8.70. The van der Waals surface area contributed by atoms with Crippen LogP contribution < -0.4 is 0 Å². The molecule has 1 aliphatic rings. The van der Waals surface area contributed by atoms with E-state index in [0.717, 1.165) is 38.8 Å². The summed E-state index contributed by atoms with van der Waals surface area (Å²) >= 11 is 0. The molecule has 0 aliphatic carbocycles. The van der Waals surface area contributed by atoms with Crippen molar-refractivity contribution in [3.8, 4) is 0 Å². The summed E-state index contributed by atoms with van der Waals surface area (Å²) in [5, 5.41) is 31.1. The molecule has 26 heavy (non-hydrogen) atoms. The maximum Gasteiger partial charge on any atom is 0.186 e. The Kier molecular flexibility index (Phi) is 11.9. The van der Waals surface area contributed by atoms with E-state index in [1.54, 1.807) is 0 Å². The lowest BCUT2D eigenvalue weighted by molar-refractivity contribution is -0.299. The number of nitrogens with zero attached hydrogens (tertiary/aromatic N) is 1. The molecule has 1 saturated heterocycles. The number of hydrogen-bond acceptors (Lipinski definition) is 7. The lowest BCUT2D eigenvalue weighted by atomic mass is 9.97. The molecule has 0 aromatic rings. The second-order valence-corrected chi connectivity index (χ2v) is 7.13. The Morgan fingerprint density at radius 3 is 2.15 bits per heavy atom. The van der Waals surface area contributed by atoms with Gasteiger partial charge in [0.1, 0.15) is 18.3 Å². The highest BCUT2D eigenvalue weighted by Crippen LogP contribution is 2.25. The lowest BCUT2D eigenvalue weighted by Gasteiger charge is -2.42. The van der Waals surface area contributed by atoms with Crippen LogP contribution in [-0.4, -0.2) is 90.4 Å². The maximum atomic E-state index is 10.4. The number of unbranched alkanes of at least 4 members (excludes halogenated alkanes) is 2. The molecule has 6 unspecified atom stereocenters. The molecule has 6 atom stereocenters. The smallest absolute Gasteiger partial charge is 0.186 e. The number of hydrogen-bond donors (Lipinski definition) is 3. The predicted octanol–water partition coefficient (Wildman–Crippen LogP) is 1.14. The van der Waals surface area contributed by atoms with Crippen molar-refractivity contribution >= 4 is 0 Å². The van der Waals surface area contributed by atoms with Crippen LogP contribution in [0.3, 0.4) is 0 Å². The Bertz CT molecular complexity index is 335. The lowest BCUT2D eigenvalue weighted by Crippen LogP contribution is -2.59. The van der Waals surface area contributed by atoms with Gasteiger partial charge in [-0.15, -0.1) is 0 Å². The number of ether oxygens (including phenoxy) is 3. The molecular weight excluding hydrogens is 338 g/mol. The molecule has 3 N–H and O–H groups in total. The van der Waals surface area contributed by atoms with Crippen molar-refractivity contribution in [1.82, 2.24) is 4.90 Å². The third-order valence-corrected chi connectivity index (χ3v) is 4.88. The van der Waals surface area contributed by atoms with E-state index in [0.29, 0.717) is 13.0 Å². The van der Waals surface area contributed by atoms with Crippen LogP contribution in [0.25, 0.3) is 0 Å². The van der Waals surface area contributed by atoms with Gasteiger partial charge in [-0.3, -0.25) is 0 Å².